The first-order valence-electron chi connectivity index (χ1n) is 5.64. The van der Waals surface area contributed by atoms with E-state index in [2.05, 4.69) is 21.5 Å². The van der Waals surface area contributed by atoms with E-state index >= 15 is 0 Å². The zero-order valence-electron chi connectivity index (χ0n) is 9.63. The molecule has 18 heavy (non-hydrogen) atoms. The normalized spacial score (nSPS) is 23.9. The summed E-state index contributed by atoms with van der Waals surface area (Å²) < 4.78 is 1.75. The lowest BCUT2D eigenvalue weighted by molar-refractivity contribution is 0.179. The van der Waals surface area contributed by atoms with Crippen LogP contribution in [0.15, 0.2) is 23.3 Å². The molecule has 1 fully saturated rings. The minimum absolute atomic E-state index is 0.0541. The molecule has 1 aliphatic carbocycles. The summed E-state index contributed by atoms with van der Waals surface area (Å²) in [6.45, 7) is 3.94. The van der Waals surface area contributed by atoms with Crippen LogP contribution in [0.1, 0.15) is 18.9 Å². The minimum atomic E-state index is -0.403. The van der Waals surface area contributed by atoms with Gasteiger partial charge in [0.25, 0.3) is 5.56 Å². The molecule has 0 aliphatic heterocycles. The molecule has 2 aromatic heterocycles. The summed E-state index contributed by atoms with van der Waals surface area (Å²) in [6, 6.07) is -0.0845. The molecular formula is C11H13N5O2. The fraction of sp³-hybridized carbons (Fsp3) is 0.364. The summed E-state index contributed by atoms with van der Waals surface area (Å²) in [7, 11) is 0. The van der Waals surface area contributed by atoms with Crippen LogP contribution in [0, 0.1) is 0 Å². The molecule has 2 unspecified atom stereocenters. The molecule has 0 spiro atoms. The molecule has 2 heterocycles. The Bertz CT molecular complexity index is 686. The van der Waals surface area contributed by atoms with Gasteiger partial charge in [0.1, 0.15) is 0 Å². The summed E-state index contributed by atoms with van der Waals surface area (Å²) >= 11 is 0. The van der Waals surface area contributed by atoms with Crippen molar-refractivity contribution >= 4 is 17.1 Å². The van der Waals surface area contributed by atoms with Crippen molar-refractivity contribution in [1.82, 2.24) is 19.5 Å². The van der Waals surface area contributed by atoms with Gasteiger partial charge in [-0.15, -0.1) is 0 Å². The molecule has 3 rings (SSSR count). The monoisotopic (exact) mass is 247 g/mol. The van der Waals surface area contributed by atoms with Crippen molar-refractivity contribution in [2.75, 3.05) is 5.73 Å². The van der Waals surface area contributed by atoms with Crippen LogP contribution in [0.25, 0.3) is 11.2 Å². The first-order valence-corrected chi connectivity index (χ1v) is 5.64. The Morgan fingerprint density at radius 2 is 2.39 bits per heavy atom. The number of aromatic amines is 1. The van der Waals surface area contributed by atoms with E-state index < -0.39 is 6.10 Å². The van der Waals surface area contributed by atoms with Gasteiger partial charge in [-0.25, -0.2) is 4.98 Å². The Balaban J connectivity index is 2.19. The number of nitrogen functional groups attached to an aromatic ring is 1. The maximum atomic E-state index is 11.7. The summed E-state index contributed by atoms with van der Waals surface area (Å²) in [4.78, 5) is 22.2. The number of H-pyrrole nitrogens is 1. The molecule has 0 aromatic carbocycles. The lowest BCUT2D eigenvalue weighted by atomic mass is 10.2. The van der Waals surface area contributed by atoms with Crippen LogP contribution in [0.5, 0.6) is 0 Å². The van der Waals surface area contributed by atoms with Crippen molar-refractivity contribution in [3.8, 4) is 0 Å². The Morgan fingerprint density at radius 1 is 1.61 bits per heavy atom. The second kappa shape index (κ2) is 3.67. The molecule has 4 N–H and O–H groups in total. The quantitative estimate of drug-likeness (QED) is 0.612. The molecule has 94 valence electrons. The molecule has 1 saturated carbocycles. The van der Waals surface area contributed by atoms with E-state index in [1.807, 2.05) is 0 Å². The Hall–Kier alpha value is -2.15. The second-order valence-corrected chi connectivity index (χ2v) is 4.54. The lowest BCUT2D eigenvalue weighted by Crippen LogP contribution is -2.14. The Kier molecular flexibility index (Phi) is 2.24. The van der Waals surface area contributed by atoms with Crippen molar-refractivity contribution in [3.05, 3.63) is 28.8 Å². The fourth-order valence-electron chi connectivity index (χ4n) is 2.43. The van der Waals surface area contributed by atoms with E-state index in [0.717, 1.165) is 5.57 Å². The van der Waals surface area contributed by atoms with Crippen molar-refractivity contribution in [2.24, 2.45) is 0 Å². The van der Waals surface area contributed by atoms with E-state index in [4.69, 9.17) is 5.73 Å². The summed E-state index contributed by atoms with van der Waals surface area (Å²) in [5.74, 6) is 0.0541. The highest BCUT2D eigenvalue weighted by molar-refractivity contribution is 5.70. The average molecular weight is 247 g/mol. The van der Waals surface area contributed by atoms with Gasteiger partial charge in [0.05, 0.1) is 18.5 Å². The predicted octanol–water partition coefficient (Wildman–Crippen LogP) is -0.0462. The van der Waals surface area contributed by atoms with E-state index in [1.165, 1.54) is 0 Å². The number of nitrogens with zero attached hydrogens (tertiary/aromatic N) is 3. The fourth-order valence-corrected chi connectivity index (χ4v) is 2.43. The first-order chi connectivity index (χ1) is 8.56. The number of nitrogens with two attached hydrogens (primary N) is 1. The zero-order chi connectivity index (χ0) is 12.9. The van der Waals surface area contributed by atoms with Crippen LogP contribution in [-0.4, -0.2) is 30.7 Å². The second-order valence-electron chi connectivity index (χ2n) is 4.54. The maximum Gasteiger partial charge on any atom is 0.280 e. The topological polar surface area (TPSA) is 110 Å². The van der Waals surface area contributed by atoms with Crippen LogP contribution in [-0.2, 0) is 0 Å². The summed E-state index contributed by atoms with van der Waals surface area (Å²) in [6.07, 6.45) is 2.25. The van der Waals surface area contributed by atoms with Gasteiger partial charge in [-0.2, -0.15) is 4.98 Å². The largest absolute Gasteiger partial charge is 0.393 e. The van der Waals surface area contributed by atoms with Gasteiger partial charge in [0, 0.05) is 0 Å². The highest BCUT2D eigenvalue weighted by Crippen LogP contribution is 2.35. The summed E-state index contributed by atoms with van der Waals surface area (Å²) in [5, 5.41) is 9.64. The van der Waals surface area contributed by atoms with Gasteiger partial charge in [-0.1, -0.05) is 12.2 Å². The molecule has 1 aliphatic rings. The molecule has 2 atom stereocenters. The van der Waals surface area contributed by atoms with Crippen LogP contribution >= 0.6 is 0 Å². The van der Waals surface area contributed by atoms with E-state index in [9.17, 15) is 9.90 Å². The van der Waals surface area contributed by atoms with E-state index in [-0.39, 0.29) is 23.1 Å². The van der Waals surface area contributed by atoms with Crippen LogP contribution in [0.3, 0.4) is 0 Å². The predicted molar refractivity (Wildman–Crippen MR) is 66.0 cm³/mol. The Labute approximate surface area is 102 Å². The third-order valence-corrected chi connectivity index (χ3v) is 3.25. The molecule has 0 amide bonds. The SMILES string of the molecule is C=C1CC(O)CC1n1cnc2c(=O)[nH]c(N)nc21. The summed E-state index contributed by atoms with van der Waals surface area (Å²) in [5.41, 5.74) is 6.75. The molecular weight excluding hydrogens is 234 g/mol. The van der Waals surface area contributed by atoms with Crippen molar-refractivity contribution in [1.29, 1.82) is 0 Å². The van der Waals surface area contributed by atoms with Crippen molar-refractivity contribution in [2.45, 2.75) is 25.0 Å². The van der Waals surface area contributed by atoms with E-state index in [1.54, 1.807) is 10.9 Å². The van der Waals surface area contributed by atoms with Crippen LogP contribution < -0.4 is 11.3 Å². The van der Waals surface area contributed by atoms with Crippen molar-refractivity contribution in [3.63, 3.8) is 0 Å². The third kappa shape index (κ3) is 1.52. The van der Waals surface area contributed by atoms with Gasteiger partial charge in [-0.3, -0.25) is 9.78 Å². The number of hydrogen-bond donors (Lipinski definition) is 3. The molecule has 7 nitrogen and oxygen atoms in total. The molecule has 7 heteroatoms. The highest BCUT2D eigenvalue weighted by Gasteiger charge is 2.29. The average Bonchev–Trinajstić information content (AvgIpc) is 2.82. The zero-order valence-corrected chi connectivity index (χ0v) is 9.63. The number of fused-ring (bicyclic) bond motifs is 1. The molecule has 2 aromatic rings. The van der Waals surface area contributed by atoms with Gasteiger partial charge < -0.3 is 15.4 Å². The van der Waals surface area contributed by atoms with Gasteiger partial charge in [0.15, 0.2) is 11.2 Å². The number of aromatic nitrogens is 4. The number of hydrogen-bond acceptors (Lipinski definition) is 5. The number of rotatable bonds is 1. The third-order valence-electron chi connectivity index (χ3n) is 3.25. The minimum Gasteiger partial charge on any atom is -0.393 e. The lowest BCUT2D eigenvalue weighted by Gasteiger charge is -2.13. The molecule has 0 radical (unpaired) electrons. The van der Waals surface area contributed by atoms with Gasteiger partial charge in [-0.05, 0) is 12.8 Å². The first kappa shape index (κ1) is 11.0. The molecule has 0 bridgehead atoms. The maximum absolute atomic E-state index is 11.7. The van der Waals surface area contributed by atoms with Crippen LogP contribution in [0.4, 0.5) is 5.95 Å². The number of nitrogens with one attached hydrogen (secondary N) is 1. The van der Waals surface area contributed by atoms with Gasteiger partial charge >= 0.3 is 0 Å². The van der Waals surface area contributed by atoms with Crippen molar-refractivity contribution < 1.29 is 5.11 Å². The number of aliphatic hydroxyl groups excluding tert-OH is 1. The van der Waals surface area contributed by atoms with E-state index in [0.29, 0.717) is 18.5 Å². The number of anilines is 1. The number of imidazole rings is 1. The van der Waals surface area contributed by atoms with Gasteiger partial charge in [0.2, 0.25) is 5.95 Å². The standard InChI is InChI=1S/C11H13N5O2/c1-5-2-6(17)3-7(5)16-4-13-8-9(16)14-11(12)15-10(8)18/h4,6-7,17H,1-3H2,(H3,12,14,15,18). The highest BCUT2D eigenvalue weighted by atomic mass is 16.3. The number of aliphatic hydroxyl groups is 1. The Morgan fingerprint density at radius 3 is 3.06 bits per heavy atom. The van der Waals surface area contributed by atoms with Crippen LogP contribution in [0.2, 0.25) is 0 Å². The molecule has 0 saturated heterocycles. The smallest absolute Gasteiger partial charge is 0.280 e.